The Bertz CT molecular complexity index is 1000. The highest BCUT2D eigenvalue weighted by molar-refractivity contribution is 6.07. The van der Waals surface area contributed by atoms with Crippen LogP contribution in [-0.2, 0) is 17.9 Å². The summed E-state index contributed by atoms with van der Waals surface area (Å²) >= 11 is 0. The number of anilines is 1. The molecule has 4 rings (SSSR count). The lowest BCUT2D eigenvalue weighted by Gasteiger charge is -2.19. The number of rotatable bonds is 8. The lowest BCUT2D eigenvalue weighted by atomic mass is 10.1. The van der Waals surface area contributed by atoms with Gasteiger partial charge in [-0.3, -0.25) is 0 Å². The fourth-order valence-corrected chi connectivity index (χ4v) is 4.39. The Hall–Kier alpha value is -2.38. The number of ether oxygens (including phenoxy) is 2. The Kier molecular flexibility index (Phi) is 5.87. The highest BCUT2D eigenvalue weighted by Gasteiger charge is 2.21. The molecule has 1 unspecified atom stereocenters. The van der Waals surface area contributed by atoms with Crippen LogP contribution in [0.4, 0.5) is 5.82 Å². The van der Waals surface area contributed by atoms with Crippen LogP contribution in [0.5, 0.6) is 5.75 Å². The molecule has 1 fully saturated rings. The van der Waals surface area contributed by atoms with E-state index in [-0.39, 0.29) is 0 Å². The third-order valence-corrected chi connectivity index (χ3v) is 5.87. The van der Waals surface area contributed by atoms with Crippen LogP contribution in [0.1, 0.15) is 38.4 Å². The summed E-state index contributed by atoms with van der Waals surface area (Å²) in [6.45, 7) is 5.36. The van der Waals surface area contributed by atoms with Crippen molar-refractivity contribution in [1.82, 2.24) is 19.4 Å². The average molecular weight is 398 g/mol. The minimum absolute atomic E-state index is 0.445. The zero-order valence-electron chi connectivity index (χ0n) is 17.6. The van der Waals surface area contributed by atoms with E-state index in [2.05, 4.69) is 34.5 Å². The van der Waals surface area contributed by atoms with Crippen molar-refractivity contribution in [1.29, 1.82) is 0 Å². The van der Waals surface area contributed by atoms with Crippen LogP contribution in [0.25, 0.3) is 21.9 Å². The minimum atomic E-state index is 0.445. The molecule has 0 saturated carbocycles. The first kappa shape index (κ1) is 19.9. The number of benzene rings is 1. The van der Waals surface area contributed by atoms with Gasteiger partial charge in [-0.25, -0.2) is 9.97 Å². The molecule has 3 aromatic rings. The summed E-state index contributed by atoms with van der Waals surface area (Å²) in [5, 5.41) is 1.02. The van der Waals surface area contributed by atoms with E-state index >= 15 is 0 Å². The number of fused-ring (bicyclic) bond motifs is 3. The SMILES string of the molecule is CCCn1c(COC)nc2c(N)nc3ccc(OCCC4CCCN4C)cc3c21. The largest absolute Gasteiger partial charge is 0.494 e. The summed E-state index contributed by atoms with van der Waals surface area (Å²) in [6.07, 6.45) is 4.60. The number of pyridine rings is 1. The van der Waals surface area contributed by atoms with Gasteiger partial charge in [0.25, 0.3) is 0 Å². The van der Waals surface area contributed by atoms with Crippen LogP contribution in [0.2, 0.25) is 0 Å². The van der Waals surface area contributed by atoms with E-state index in [9.17, 15) is 0 Å². The second-order valence-corrected chi connectivity index (χ2v) is 7.90. The molecule has 0 radical (unpaired) electrons. The predicted molar refractivity (Wildman–Crippen MR) is 116 cm³/mol. The summed E-state index contributed by atoms with van der Waals surface area (Å²) in [7, 11) is 3.88. The highest BCUT2D eigenvalue weighted by atomic mass is 16.5. The Morgan fingerprint density at radius 1 is 1.28 bits per heavy atom. The quantitative estimate of drug-likeness (QED) is 0.626. The Labute approximate surface area is 171 Å². The second kappa shape index (κ2) is 8.55. The number of nitrogens with two attached hydrogens (primary N) is 1. The standard InChI is InChI=1S/C22H31N5O2/c1-4-10-27-19(14-28-3)25-20-21(27)17-13-16(7-8-18(17)24-22(20)23)29-12-9-15-6-5-11-26(15)2/h7-8,13,15H,4-6,9-12,14H2,1-3H3,(H2,23,24). The maximum absolute atomic E-state index is 6.23. The van der Waals surface area contributed by atoms with Gasteiger partial charge in [0.05, 0.1) is 17.6 Å². The fourth-order valence-electron chi connectivity index (χ4n) is 4.39. The first-order valence-corrected chi connectivity index (χ1v) is 10.5. The molecule has 3 heterocycles. The van der Waals surface area contributed by atoms with Gasteiger partial charge in [0.1, 0.15) is 23.7 Å². The van der Waals surface area contributed by atoms with E-state index in [1.54, 1.807) is 7.11 Å². The first-order chi connectivity index (χ1) is 14.1. The van der Waals surface area contributed by atoms with Gasteiger partial charge in [0, 0.05) is 25.1 Å². The maximum Gasteiger partial charge on any atom is 0.152 e. The van der Waals surface area contributed by atoms with Crippen LogP contribution < -0.4 is 10.5 Å². The van der Waals surface area contributed by atoms with Gasteiger partial charge in [-0.05, 0) is 57.5 Å². The topological polar surface area (TPSA) is 78.4 Å². The third kappa shape index (κ3) is 3.89. The molecule has 0 amide bonds. The second-order valence-electron chi connectivity index (χ2n) is 7.90. The zero-order valence-corrected chi connectivity index (χ0v) is 17.6. The van der Waals surface area contributed by atoms with Crippen molar-refractivity contribution < 1.29 is 9.47 Å². The number of likely N-dealkylation sites (tertiary alicyclic amines) is 1. The molecule has 2 aromatic heterocycles. The van der Waals surface area contributed by atoms with E-state index in [0.29, 0.717) is 18.5 Å². The molecule has 1 aromatic carbocycles. The molecule has 0 aliphatic carbocycles. The number of hydrogen-bond acceptors (Lipinski definition) is 6. The van der Waals surface area contributed by atoms with Crippen LogP contribution in [-0.4, -0.2) is 52.8 Å². The molecule has 7 nitrogen and oxygen atoms in total. The van der Waals surface area contributed by atoms with Gasteiger partial charge in [-0.1, -0.05) is 6.92 Å². The Balaban J connectivity index is 1.68. The summed E-state index contributed by atoms with van der Waals surface area (Å²) in [6, 6.07) is 6.68. The van der Waals surface area contributed by atoms with E-state index < -0.39 is 0 Å². The van der Waals surface area contributed by atoms with Gasteiger partial charge in [-0.15, -0.1) is 0 Å². The molecular weight excluding hydrogens is 366 g/mol. The van der Waals surface area contributed by atoms with E-state index in [1.807, 2.05) is 12.1 Å². The molecule has 29 heavy (non-hydrogen) atoms. The smallest absolute Gasteiger partial charge is 0.152 e. The molecule has 1 aliphatic heterocycles. The fraction of sp³-hybridized carbons (Fsp3) is 0.545. The van der Waals surface area contributed by atoms with Gasteiger partial charge in [0.2, 0.25) is 0 Å². The summed E-state index contributed by atoms with van der Waals surface area (Å²) in [5.41, 5.74) is 8.85. The summed E-state index contributed by atoms with van der Waals surface area (Å²) < 4.78 is 13.7. The van der Waals surface area contributed by atoms with Crippen molar-refractivity contribution in [3.8, 4) is 5.75 Å². The van der Waals surface area contributed by atoms with Crippen molar-refractivity contribution in [2.24, 2.45) is 0 Å². The van der Waals surface area contributed by atoms with Gasteiger partial charge >= 0.3 is 0 Å². The predicted octanol–water partition coefficient (Wildman–Crippen LogP) is 3.59. The average Bonchev–Trinajstić information content (AvgIpc) is 3.28. The lowest BCUT2D eigenvalue weighted by molar-refractivity contribution is 0.174. The van der Waals surface area contributed by atoms with Crippen LogP contribution in [0.15, 0.2) is 18.2 Å². The normalized spacial score (nSPS) is 17.6. The lowest BCUT2D eigenvalue weighted by Crippen LogP contribution is -2.26. The van der Waals surface area contributed by atoms with Gasteiger partial charge in [0.15, 0.2) is 5.82 Å². The minimum Gasteiger partial charge on any atom is -0.494 e. The number of aromatic nitrogens is 3. The van der Waals surface area contributed by atoms with Crippen molar-refractivity contribution in [3.05, 3.63) is 24.0 Å². The summed E-state index contributed by atoms with van der Waals surface area (Å²) in [4.78, 5) is 11.7. The van der Waals surface area contributed by atoms with Crippen LogP contribution >= 0.6 is 0 Å². The number of nitrogen functional groups attached to an aromatic ring is 1. The molecule has 1 atom stereocenters. The monoisotopic (exact) mass is 397 g/mol. The van der Waals surface area contributed by atoms with Gasteiger partial charge in [-0.2, -0.15) is 0 Å². The number of hydrogen-bond donors (Lipinski definition) is 1. The molecule has 0 bridgehead atoms. The molecule has 7 heteroatoms. The van der Waals surface area contributed by atoms with Crippen molar-refractivity contribution in [2.75, 3.05) is 33.0 Å². The van der Waals surface area contributed by atoms with Crippen molar-refractivity contribution >= 4 is 27.8 Å². The third-order valence-electron chi connectivity index (χ3n) is 5.87. The van der Waals surface area contributed by atoms with Crippen molar-refractivity contribution in [3.63, 3.8) is 0 Å². The number of nitrogens with zero attached hydrogens (tertiary/aromatic N) is 4. The summed E-state index contributed by atoms with van der Waals surface area (Å²) in [5.74, 6) is 2.20. The molecule has 2 N–H and O–H groups in total. The van der Waals surface area contributed by atoms with E-state index in [0.717, 1.165) is 59.5 Å². The van der Waals surface area contributed by atoms with Gasteiger partial charge < -0.3 is 24.7 Å². The molecule has 1 aliphatic rings. The molecule has 1 saturated heterocycles. The molecule has 156 valence electrons. The number of aryl methyl sites for hydroxylation is 1. The van der Waals surface area contributed by atoms with E-state index in [1.165, 1.54) is 19.4 Å². The molecular formula is C22H31N5O2. The Morgan fingerprint density at radius 2 is 2.14 bits per heavy atom. The van der Waals surface area contributed by atoms with Crippen LogP contribution in [0, 0.1) is 0 Å². The highest BCUT2D eigenvalue weighted by Crippen LogP contribution is 2.32. The number of imidazole rings is 1. The van der Waals surface area contributed by atoms with Crippen LogP contribution in [0.3, 0.4) is 0 Å². The Morgan fingerprint density at radius 3 is 2.86 bits per heavy atom. The maximum atomic E-state index is 6.23. The first-order valence-electron chi connectivity index (χ1n) is 10.5. The zero-order chi connectivity index (χ0) is 20.4. The van der Waals surface area contributed by atoms with Crippen molar-refractivity contribution in [2.45, 2.75) is 51.8 Å². The van der Waals surface area contributed by atoms with E-state index in [4.69, 9.17) is 20.2 Å². The number of methoxy groups -OCH3 is 1. The molecule has 0 spiro atoms.